The molecular formula is C26H32N2O4. The van der Waals surface area contributed by atoms with Crippen molar-refractivity contribution in [1.29, 1.82) is 0 Å². The number of hydrogen-bond donors (Lipinski definition) is 2. The molecule has 1 fully saturated rings. The summed E-state index contributed by atoms with van der Waals surface area (Å²) < 4.78 is 5.75. The number of rotatable bonds is 8. The van der Waals surface area contributed by atoms with E-state index in [0.29, 0.717) is 5.76 Å². The van der Waals surface area contributed by atoms with Crippen LogP contribution in [0.3, 0.4) is 0 Å². The lowest BCUT2D eigenvalue weighted by molar-refractivity contribution is 0.196. The average molecular weight is 437 g/mol. The van der Waals surface area contributed by atoms with Crippen LogP contribution in [0, 0.1) is 0 Å². The highest BCUT2D eigenvalue weighted by molar-refractivity contribution is 5.86. The summed E-state index contributed by atoms with van der Waals surface area (Å²) in [7, 11) is 2.20. The molecule has 32 heavy (non-hydrogen) atoms. The number of phenolic OH excluding ortho intramolecular Hbond substituents is 2. The van der Waals surface area contributed by atoms with Crippen molar-refractivity contribution in [3.63, 3.8) is 0 Å². The van der Waals surface area contributed by atoms with Crippen molar-refractivity contribution >= 4 is 11.0 Å². The van der Waals surface area contributed by atoms with Crippen LogP contribution in [0.25, 0.3) is 22.3 Å². The van der Waals surface area contributed by atoms with Gasteiger partial charge in [-0.3, -0.25) is 4.79 Å². The first-order chi connectivity index (χ1) is 15.5. The predicted octanol–water partition coefficient (Wildman–Crippen LogP) is 4.22. The second-order valence-corrected chi connectivity index (χ2v) is 8.79. The van der Waals surface area contributed by atoms with Gasteiger partial charge in [-0.2, -0.15) is 0 Å². The molecule has 170 valence electrons. The Morgan fingerprint density at radius 2 is 1.75 bits per heavy atom. The molecule has 1 aliphatic rings. The molecule has 2 aromatic carbocycles. The van der Waals surface area contributed by atoms with Gasteiger partial charge in [0.1, 0.15) is 5.76 Å². The van der Waals surface area contributed by atoms with E-state index in [1.165, 1.54) is 56.1 Å². The van der Waals surface area contributed by atoms with Crippen LogP contribution in [0.1, 0.15) is 31.2 Å². The molecule has 0 atom stereocenters. The third-order valence-electron chi connectivity index (χ3n) is 6.34. The van der Waals surface area contributed by atoms with E-state index in [1.807, 2.05) is 12.1 Å². The number of piperidine rings is 1. The highest BCUT2D eigenvalue weighted by atomic mass is 16.4. The van der Waals surface area contributed by atoms with Gasteiger partial charge in [0.25, 0.3) is 0 Å². The molecule has 1 aliphatic heterocycles. The zero-order chi connectivity index (χ0) is 22.5. The molecule has 1 saturated heterocycles. The van der Waals surface area contributed by atoms with E-state index >= 15 is 0 Å². The Bertz CT molecular complexity index is 1100. The zero-order valence-electron chi connectivity index (χ0n) is 18.7. The van der Waals surface area contributed by atoms with E-state index in [2.05, 4.69) is 29.0 Å². The van der Waals surface area contributed by atoms with Crippen molar-refractivity contribution in [1.82, 2.24) is 9.80 Å². The fourth-order valence-electron chi connectivity index (χ4n) is 4.33. The quantitative estimate of drug-likeness (QED) is 0.515. The Labute approximate surface area is 188 Å². The monoisotopic (exact) mass is 436 g/mol. The first kappa shape index (κ1) is 22.4. The van der Waals surface area contributed by atoms with Crippen LogP contribution in [-0.2, 0) is 6.42 Å². The van der Waals surface area contributed by atoms with E-state index in [4.69, 9.17) is 4.42 Å². The molecule has 0 saturated carbocycles. The Hall–Kier alpha value is -2.83. The summed E-state index contributed by atoms with van der Waals surface area (Å²) >= 11 is 0. The summed E-state index contributed by atoms with van der Waals surface area (Å²) in [5.41, 5.74) is 1.74. The number of benzene rings is 2. The Kier molecular flexibility index (Phi) is 7.12. The molecule has 0 aliphatic carbocycles. The maximum atomic E-state index is 12.4. The summed E-state index contributed by atoms with van der Waals surface area (Å²) in [5.74, 6) is -0.357. The van der Waals surface area contributed by atoms with Crippen LogP contribution in [0.2, 0.25) is 0 Å². The van der Waals surface area contributed by atoms with Crippen molar-refractivity contribution in [2.24, 2.45) is 0 Å². The largest absolute Gasteiger partial charge is 0.504 e. The van der Waals surface area contributed by atoms with Crippen LogP contribution in [0.15, 0.2) is 51.7 Å². The van der Waals surface area contributed by atoms with Gasteiger partial charge in [-0.25, -0.2) is 0 Å². The van der Waals surface area contributed by atoms with Crippen LogP contribution in [0.5, 0.6) is 11.5 Å². The van der Waals surface area contributed by atoms with E-state index in [0.717, 1.165) is 38.0 Å². The molecule has 3 aromatic rings. The Morgan fingerprint density at radius 3 is 2.50 bits per heavy atom. The van der Waals surface area contributed by atoms with Crippen LogP contribution in [-0.4, -0.2) is 59.8 Å². The molecule has 0 bridgehead atoms. The lowest BCUT2D eigenvalue weighted by Crippen LogP contribution is -2.36. The number of aryl methyl sites for hydroxylation is 1. The van der Waals surface area contributed by atoms with Crippen molar-refractivity contribution < 1.29 is 14.6 Å². The summed E-state index contributed by atoms with van der Waals surface area (Å²) in [4.78, 5) is 17.4. The molecular weight excluding hydrogens is 404 g/mol. The number of phenols is 2. The SMILES string of the molecule is CN(CCCc1ccc(-c2cc(=O)c3ccc(O)c(O)c3o2)cc1)CCN1CCCCC1. The number of likely N-dealkylation sites (N-methyl/N-ethyl adjacent to an activating group) is 1. The van der Waals surface area contributed by atoms with Crippen LogP contribution < -0.4 is 5.43 Å². The van der Waals surface area contributed by atoms with Gasteiger partial charge in [0.15, 0.2) is 16.8 Å². The smallest absolute Gasteiger partial charge is 0.201 e. The van der Waals surface area contributed by atoms with Gasteiger partial charge in [0.05, 0.1) is 5.39 Å². The van der Waals surface area contributed by atoms with Crippen LogP contribution in [0.4, 0.5) is 0 Å². The number of hydrogen-bond acceptors (Lipinski definition) is 6. The first-order valence-corrected chi connectivity index (χ1v) is 11.5. The fraction of sp³-hybridized carbons (Fsp3) is 0.423. The molecule has 2 heterocycles. The fourth-order valence-corrected chi connectivity index (χ4v) is 4.33. The maximum Gasteiger partial charge on any atom is 0.201 e. The highest BCUT2D eigenvalue weighted by Gasteiger charge is 2.14. The number of aromatic hydroxyl groups is 2. The molecule has 0 radical (unpaired) electrons. The van der Waals surface area contributed by atoms with E-state index < -0.39 is 5.75 Å². The molecule has 0 amide bonds. The normalized spacial score (nSPS) is 14.9. The van der Waals surface area contributed by atoms with Gasteiger partial charge in [0.2, 0.25) is 5.75 Å². The second kappa shape index (κ2) is 10.2. The van der Waals surface area contributed by atoms with E-state index in [1.54, 1.807) is 0 Å². The van der Waals surface area contributed by atoms with Gasteiger partial charge in [-0.05, 0) is 70.1 Å². The molecule has 4 rings (SSSR count). The highest BCUT2D eigenvalue weighted by Crippen LogP contribution is 2.34. The van der Waals surface area contributed by atoms with E-state index in [9.17, 15) is 15.0 Å². The van der Waals surface area contributed by atoms with Gasteiger partial charge in [-0.15, -0.1) is 0 Å². The van der Waals surface area contributed by atoms with Gasteiger partial charge >= 0.3 is 0 Å². The van der Waals surface area contributed by atoms with Crippen LogP contribution >= 0.6 is 0 Å². The summed E-state index contributed by atoms with van der Waals surface area (Å²) in [6.07, 6.45) is 6.14. The Balaban J connectivity index is 1.33. The van der Waals surface area contributed by atoms with E-state index in [-0.39, 0.29) is 22.1 Å². The van der Waals surface area contributed by atoms with Crippen molar-refractivity contribution in [3.8, 4) is 22.8 Å². The number of fused-ring (bicyclic) bond motifs is 1. The number of nitrogens with zero attached hydrogens (tertiary/aromatic N) is 2. The lowest BCUT2D eigenvalue weighted by atomic mass is 10.1. The minimum absolute atomic E-state index is 0.00386. The minimum atomic E-state index is -0.414. The third-order valence-corrected chi connectivity index (χ3v) is 6.34. The summed E-state index contributed by atoms with van der Waals surface area (Å²) in [6.45, 7) is 5.84. The third kappa shape index (κ3) is 5.31. The summed E-state index contributed by atoms with van der Waals surface area (Å²) in [6, 6.07) is 12.1. The van der Waals surface area contributed by atoms with Crippen molar-refractivity contribution in [2.45, 2.75) is 32.1 Å². The molecule has 6 heteroatoms. The summed E-state index contributed by atoms with van der Waals surface area (Å²) in [5, 5.41) is 20.0. The Morgan fingerprint density at radius 1 is 1.00 bits per heavy atom. The standard InChI is InChI=1S/C26H32N2O4/c1-27(16-17-28-14-3-2-4-15-28)13-5-6-19-7-9-20(10-8-19)24-18-23(30)21-11-12-22(29)25(31)26(21)32-24/h7-12,18,29,31H,2-6,13-17H2,1H3. The van der Waals surface area contributed by atoms with Crippen molar-refractivity contribution in [3.05, 3.63) is 58.3 Å². The molecule has 6 nitrogen and oxygen atoms in total. The predicted molar refractivity (Wildman–Crippen MR) is 127 cm³/mol. The average Bonchev–Trinajstić information content (AvgIpc) is 2.81. The molecule has 1 aromatic heterocycles. The molecule has 0 spiro atoms. The molecule has 2 N–H and O–H groups in total. The minimum Gasteiger partial charge on any atom is -0.504 e. The molecule has 0 unspecified atom stereocenters. The zero-order valence-corrected chi connectivity index (χ0v) is 18.7. The van der Waals surface area contributed by atoms with Gasteiger partial charge in [-0.1, -0.05) is 30.7 Å². The first-order valence-electron chi connectivity index (χ1n) is 11.5. The van der Waals surface area contributed by atoms with Gasteiger partial charge < -0.3 is 24.4 Å². The topological polar surface area (TPSA) is 77.2 Å². The lowest BCUT2D eigenvalue weighted by Gasteiger charge is -2.28. The van der Waals surface area contributed by atoms with Crippen molar-refractivity contribution in [2.75, 3.05) is 39.8 Å². The maximum absolute atomic E-state index is 12.4. The second-order valence-electron chi connectivity index (χ2n) is 8.79. The van der Waals surface area contributed by atoms with Gasteiger partial charge in [0, 0.05) is 24.7 Å². The number of likely N-dealkylation sites (tertiary alicyclic amines) is 1.